The van der Waals surface area contributed by atoms with Gasteiger partial charge in [-0.05, 0) is 43.4 Å². The smallest absolute Gasteiger partial charge is 0.269 e. The Labute approximate surface area is 144 Å². The van der Waals surface area contributed by atoms with Crippen molar-refractivity contribution < 1.29 is 13.2 Å². The van der Waals surface area contributed by atoms with Crippen LogP contribution in [0.4, 0.5) is 0 Å². The Balaban J connectivity index is 2.07. The first-order valence-electron chi connectivity index (χ1n) is 8.15. The third-order valence-electron chi connectivity index (χ3n) is 3.81. The Morgan fingerprint density at radius 1 is 1.25 bits per heavy atom. The number of sulfonamides is 1. The van der Waals surface area contributed by atoms with Gasteiger partial charge < -0.3 is 5.43 Å². The summed E-state index contributed by atoms with van der Waals surface area (Å²) >= 11 is 0. The second-order valence-electron chi connectivity index (χ2n) is 6.42. The number of allylic oxidation sites excluding steroid dienone is 1. The van der Waals surface area contributed by atoms with Gasteiger partial charge in [-0.1, -0.05) is 26.5 Å². The SMILES string of the molecule is C=C(CC(C)C)NNC(=O)c1cccc(S(=O)(=O)N2CCCC2)c1. The van der Waals surface area contributed by atoms with Crippen molar-refractivity contribution in [2.45, 2.75) is 38.0 Å². The average molecular weight is 351 g/mol. The summed E-state index contributed by atoms with van der Waals surface area (Å²) in [5, 5.41) is 0. The Morgan fingerprint density at radius 3 is 2.54 bits per heavy atom. The molecule has 1 amide bonds. The number of carbonyl (C=O) groups is 1. The first-order chi connectivity index (χ1) is 11.3. The zero-order valence-corrected chi connectivity index (χ0v) is 15.0. The number of hydrazine groups is 1. The fourth-order valence-electron chi connectivity index (χ4n) is 2.64. The van der Waals surface area contributed by atoms with E-state index in [1.54, 1.807) is 12.1 Å². The van der Waals surface area contributed by atoms with Gasteiger partial charge in [-0.25, -0.2) is 8.42 Å². The molecule has 0 aliphatic carbocycles. The minimum atomic E-state index is -3.53. The van der Waals surface area contributed by atoms with Crippen LogP contribution in [-0.4, -0.2) is 31.7 Å². The van der Waals surface area contributed by atoms with E-state index >= 15 is 0 Å². The predicted molar refractivity (Wildman–Crippen MR) is 93.6 cm³/mol. The molecule has 0 saturated carbocycles. The number of nitrogens with one attached hydrogen (secondary N) is 2. The number of nitrogens with zero attached hydrogens (tertiary/aromatic N) is 1. The maximum absolute atomic E-state index is 12.6. The number of hydrogen-bond acceptors (Lipinski definition) is 4. The molecule has 1 aromatic carbocycles. The van der Waals surface area contributed by atoms with Gasteiger partial charge in [0.1, 0.15) is 0 Å². The van der Waals surface area contributed by atoms with E-state index in [0.717, 1.165) is 19.3 Å². The Morgan fingerprint density at radius 2 is 1.92 bits per heavy atom. The lowest BCUT2D eigenvalue weighted by Gasteiger charge is -2.16. The summed E-state index contributed by atoms with van der Waals surface area (Å²) in [6, 6.07) is 6.11. The highest BCUT2D eigenvalue weighted by Gasteiger charge is 2.27. The van der Waals surface area contributed by atoms with Gasteiger partial charge in [0, 0.05) is 24.4 Å². The van der Waals surface area contributed by atoms with Gasteiger partial charge in [0.25, 0.3) is 5.91 Å². The van der Waals surface area contributed by atoms with Gasteiger partial charge in [-0.3, -0.25) is 10.2 Å². The molecule has 2 rings (SSSR count). The highest BCUT2D eigenvalue weighted by atomic mass is 32.2. The molecule has 0 bridgehead atoms. The molecule has 0 atom stereocenters. The lowest BCUT2D eigenvalue weighted by Crippen LogP contribution is -2.37. The molecular formula is C17H25N3O3S. The standard InChI is InChI=1S/C17H25N3O3S/c1-13(2)11-14(3)18-19-17(21)15-7-6-8-16(12-15)24(22,23)20-9-4-5-10-20/h6-8,12-13,18H,3-5,9-11H2,1-2H3,(H,19,21). The minimum Gasteiger partial charge on any atom is -0.303 e. The molecule has 1 fully saturated rings. The molecule has 0 aromatic heterocycles. The lowest BCUT2D eigenvalue weighted by atomic mass is 10.1. The molecular weight excluding hydrogens is 326 g/mol. The van der Waals surface area contributed by atoms with Gasteiger partial charge in [-0.2, -0.15) is 4.31 Å². The first-order valence-corrected chi connectivity index (χ1v) is 9.59. The van der Waals surface area contributed by atoms with Crippen molar-refractivity contribution >= 4 is 15.9 Å². The van der Waals surface area contributed by atoms with Crippen LogP contribution in [0.3, 0.4) is 0 Å². The van der Waals surface area contributed by atoms with Crippen LogP contribution in [0.25, 0.3) is 0 Å². The normalized spacial score (nSPS) is 15.5. The zero-order valence-electron chi connectivity index (χ0n) is 14.2. The van der Waals surface area contributed by atoms with E-state index in [2.05, 4.69) is 31.3 Å². The zero-order chi connectivity index (χ0) is 17.7. The van der Waals surface area contributed by atoms with Crippen LogP contribution >= 0.6 is 0 Å². The fourth-order valence-corrected chi connectivity index (χ4v) is 4.20. The first kappa shape index (κ1) is 18.5. The van der Waals surface area contributed by atoms with Crippen molar-refractivity contribution in [1.29, 1.82) is 0 Å². The van der Waals surface area contributed by atoms with Crippen LogP contribution in [0.15, 0.2) is 41.4 Å². The minimum absolute atomic E-state index is 0.151. The van der Waals surface area contributed by atoms with Crippen LogP contribution in [-0.2, 0) is 10.0 Å². The summed E-state index contributed by atoms with van der Waals surface area (Å²) in [7, 11) is -3.53. The van der Waals surface area contributed by atoms with Gasteiger partial charge in [-0.15, -0.1) is 0 Å². The molecule has 7 heteroatoms. The number of rotatable bonds is 7. The van der Waals surface area contributed by atoms with E-state index in [-0.39, 0.29) is 4.90 Å². The number of benzene rings is 1. The second kappa shape index (κ2) is 7.81. The fraction of sp³-hybridized carbons (Fsp3) is 0.471. The summed E-state index contributed by atoms with van der Waals surface area (Å²) in [5.41, 5.74) is 6.33. The maximum atomic E-state index is 12.6. The molecule has 0 spiro atoms. The maximum Gasteiger partial charge on any atom is 0.269 e. The highest BCUT2D eigenvalue weighted by molar-refractivity contribution is 7.89. The van der Waals surface area contributed by atoms with Crippen molar-refractivity contribution in [2.75, 3.05) is 13.1 Å². The van der Waals surface area contributed by atoms with Gasteiger partial charge in [0.15, 0.2) is 0 Å². The lowest BCUT2D eigenvalue weighted by molar-refractivity contribution is 0.0937. The summed E-state index contributed by atoms with van der Waals surface area (Å²) < 4.78 is 26.6. The number of hydrogen-bond donors (Lipinski definition) is 2. The second-order valence-corrected chi connectivity index (χ2v) is 8.36. The van der Waals surface area contributed by atoms with Gasteiger partial charge >= 0.3 is 0 Å². The Bertz CT molecular complexity index is 708. The van der Waals surface area contributed by atoms with Gasteiger partial charge in [0.2, 0.25) is 10.0 Å². The van der Waals surface area contributed by atoms with E-state index in [9.17, 15) is 13.2 Å². The monoisotopic (exact) mass is 351 g/mol. The highest BCUT2D eigenvalue weighted by Crippen LogP contribution is 2.21. The largest absolute Gasteiger partial charge is 0.303 e. The third kappa shape index (κ3) is 4.58. The summed E-state index contributed by atoms with van der Waals surface area (Å²) in [6.07, 6.45) is 2.49. The molecule has 1 saturated heterocycles. The van der Waals surface area contributed by atoms with E-state index in [4.69, 9.17) is 0 Å². The van der Waals surface area contributed by atoms with E-state index < -0.39 is 15.9 Å². The molecule has 1 aliphatic rings. The Kier molecular flexibility index (Phi) is 6.01. The average Bonchev–Trinajstić information content (AvgIpc) is 3.07. The van der Waals surface area contributed by atoms with Crippen molar-refractivity contribution in [2.24, 2.45) is 5.92 Å². The van der Waals surface area contributed by atoms with Crippen molar-refractivity contribution in [3.05, 3.63) is 42.1 Å². The third-order valence-corrected chi connectivity index (χ3v) is 5.70. The summed E-state index contributed by atoms with van der Waals surface area (Å²) in [6.45, 7) is 9.03. The van der Waals surface area contributed by atoms with Crippen molar-refractivity contribution in [3.63, 3.8) is 0 Å². The molecule has 0 radical (unpaired) electrons. The molecule has 6 nitrogen and oxygen atoms in total. The van der Waals surface area contributed by atoms with Crippen LogP contribution in [0.1, 0.15) is 43.5 Å². The molecule has 1 heterocycles. The van der Waals surface area contributed by atoms with E-state index in [0.29, 0.717) is 30.3 Å². The van der Waals surface area contributed by atoms with Crippen LogP contribution in [0, 0.1) is 5.92 Å². The molecule has 1 aliphatic heterocycles. The number of amides is 1. The molecule has 2 N–H and O–H groups in total. The van der Waals surface area contributed by atoms with Crippen LogP contribution in [0.5, 0.6) is 0 Å². The summed E-state index contributed by atoms with van der Waals surface area (Å²) in [5.74, 6) is 0.0363. The topological polar surface area (TPSA) is 78.5 Å². The van der Waals surface area contributed by atoms with E-state index in [1.165, 1.54) is 16.4 Å². The van der Waals surface area contributed by atoms with Crippen LogP contribution < -0.4 is 10.9 Å². The van der Waals surface area contributed by atoms with Crippen molar-refractivity contribution in [3.8, 4) is 0 Å². The van der Waals surface area contributed by atoms with E-state index in [1.807, 2.05) is 0 Å². The van der Waals surface area contributed by atoms with Gasteiger partial charge in [0.05, 0.1) is 4.90 Å². The summed E-state index contributed by atoms with van der Waals surface area (Å²) in [4.78, 5) is 12.4. The molecule has 132 valence electrons. The Hall–Kier alpha value is -1.86. The number of carbonyl (C=O) groups excluding carboxylic acids is 1. The molecule has 24 heavy (non-hydrogen) atoms. The van der Waals surface area contributed by atoms with Crippen LogP contribution in [0.2, 0.25) is 0 Å². The molecule has 0 unspecified atom stereocenters. The quantitative estimate of drug-likeness (QED) is 0.739. The predicted octanol–water partition coefficient (Wildman–Crippen LogP) is 2.27. The molecule has 1 aromatic rings. The van der Waals surface area contributed by atoms with Crippen molar-refractivity contribution in [1.82, 2.24) is 15.2 Å².